The maximum atomic E-state index is 13.2. The summed E-state index contributed by atoms with van der Waals surface area (Å²) in [6.45, 7) is 0.0843. The molecule has 0 radical (unpaired) electrons. The van der Waals surface area contributed by atoms with Crippen molar-refractivity contribution in [1.29, 1.82) is 0 Å². The third kappa shape index (κ3) is 7.90. The molecule has 7 aromatic rings. The molecule has 15 nitrogen and oxygen atoms in total. The molecular weight excluding hydrogens is 726 g/mol. The van der Waals surface area contributed by atoms with E-state index in [4.69, 9.17) is 47.4 Å². The van der Waals surface area contributed by atoms with Crippen LogP contribution in [-0.2, 0) is 18.9 Å². The molecule has 56 heavy (non-hydrogen) atoms. The fourth-order valence-corrected chi connectivity index (χ4v) is 6.29. The van der Waals surface area contributed by atoms with Crippen molar-refractivity contribution < 1.29 is 57.0 Å². The molecule has 0 saturated carbocycles. The van der Waals surface area contributed by atoms with Gasteiger partial charge in [-0.2, -0.15) is 0 Å². The predicted molar refractivity (Wildman–Crippen MR) is 206 cm³/mol. The van der Waals surface area contributed by atoms with Gasteiger partial charge in [0.15, 0.2) is 13.6 Å². The highest BCUT2D eigenvalue weighted by Crippen LogP contribution is 2.35. The SMILES string of the molecule is COc1ccc2c(c1)c1cc(OC)ccc1n2C(=O)OCCOCCOc1cncc(OCOCOC(=O)n2c3ccc(OC)cc3c3cc(OC)ccc32)c1. The highest BCUT2D eigenvalue weighted by atomic mass is 16.7. The number of nitrogens with zero attached hydrogens (tertiary/aromatic N) is 3. The van der Waals surface area contributed by atoms with Gasteiger partial charge in [-0.1, -0.05) is 0 Å². The van der Waals surface area contributed by atoms with Gasteiger partial charge >= 0.3 is 12.2 Å². The normalized spacial score (nSPS) is 11.2. The number of methoxy groups -OCH3 is 4. The van der Waals surface area contributed by atoms with Crippen LogP contribution in [0, 0.1) is 0 Å². The zero-order chi connectivity index (χ0) is 39.0. The second kappa shape index (κ2) is 17.2. The molecule has 7 rings (SSSR count). The number of hydrogen-bond acceptors (Lipinski definition) is 13. The van der Waals surface area contributed by atoms with Crippen molar-refractivity contribution in [3.63, 3.8) is 0 Å². The number of pyridine rings is 1. The van der Waals surface area contributed by atoms with Crippen molar-refractivity contribution in [3.8, 4) is 34.5 Å². The van der Waals surface area contributed by atoms with E-state index in [9.17, 15) is 9.59 Å². The lowest BCUT2D eigenvalue weighted by Gasteiger charge is -2.11. The van der Waals surface area contributed by atoms with Crippen LogP contribution in [0.4, 0.5) is 9.59 Å². The van der Waals surface area contributed by atoms with Crippen LogP contribution in [0.2, 0.25) is 0 Å². The van der Waals surface area contributed by atoms with Gasteiger partial charge in [-0.15, -0.1) is 0 Å². The Labute approximate surface area is 320 Å². The summed E-state index contributed by atoms with van der Waals surface area (Å²) in [6, 6.07) is 23.5. The fraction of sp³-hybridized carbons (Fsp3) is 0.244. The molecule has 3 aromatic heterocycles. The van der Waals surface area contributed by atoms with Crippen LogP contribution in [0.1, 0.15) is 0 Å². The van der Waals surface area contributed by atoms with Gasteiger partial charge in [0.05, 0.1) is 76.1 Å². The summed E-state index contributed by atoms with van der Waals surface area (Å²) >= 11 is 0. The van der Waals surface area contributed by atoms with Crippen molar-refractivity contribution in [2.45, 2.75) is 0 Å². The van der Waals surface area contributed by atoms with Crippen LogP contribution in [0.15, 0.2) is 91.3 Å². The number of carbonyl (C=O) groups is 2. The van der Waals surface area contributed by atoms with Crippen molar-refractivity contribution in [2.75, 3.05) is 68.5 Å². The molecule has 290 valence electrons. The summed E-state index contributed by atoms with van der Waals surface area (Å²) in [5.41, 5.74) is 2.66. The number of aromatic nitrogens is 3. The van der Waals surface area contributed by atoms with Crippen LogP contribution < -0.4 is 28.4 Å². The predicted octanol–water partition coefficient (Wildman–Crippen LogP) is 7.41. The molecule has 0 aliphatic rings. The molecule has 0 bridgehead atoms. The van der Waals surface area contributed by atoms with Crippen molar-refractivity contribution in [3.05, 3.63) is 91.3 Å². The second-order valence-corrected chi connectivity index (χ2v) is 12.1. The first-order chi connectivity index (χ1) is 27.4. The summed E-state index contributed by atoms with van der Waals surface area (Å²) in [7, 11) is 6.35. The van der Waals surface area contributed by atoms with E-state index in [1.54, 1.807) is 70.9 Å². The van der Waals surface area contributed by atoms with E-state index in [2.05, 4.69) is 4.98 Å². The van der Waals surface area contributed by atoms with Gasteiger partial charge in [0.1, 0.15) is 47.7 Å². The fourth-order valence-electron chi connectivity index (χ4n) is 6.29. The van der Waals surface area contributed by atoms with Gasteiger partial charge in [-0.05, 0) is 72.8 Å². The van der Waals surface area contributed by atoms with Crippen molar-refractivity contribution in [2.24, 2.45) is 0 Å². The van der Waals surface area contributed by atoms with E-state index >= 15 is 0 Å². The Hall–Kier alpha value is -6.71. The third-order valence-electron chi connectivity index (χ3n) is 8.94. The molecule has 0 N–H and O–H groups in total. The summed E-state index contributed by atoms with van der Waals surface area (Å²) in [5.74, 6) is 3.48. The molecule has 0 spiro atoms. The van der Waals surface area contributed by atoms with Gasteiger partial charge < -0.3 is 47.4 Å². The quantitative estimate of drug-likeness (QED) is 0.0711. The van der Waals surface area contributed by atoms with E-state index in [0.717, 1.165) is 21.5 Å². The van der Waals surface area contributed by atoms with Gasteiger partial charge in [0.25, 0.3) is 0 Å². The Morgan fingerprint density at radius 1 is 0.464 bits per heavy atom. The number of hydrogen-bond donors (Lipinski definition) is 0. The van der Waals surface area contributed by atoms with Crippen LogP contribution in [-0.4, -0.2) is 94.8 Å². The van der Waals surface area contributed by atoms with Gasteiger partial charge in [0.2, 0.25) is 0 Å². The van der Waals surface area contributed by atoms with E-state index in [-0.39, 0.29) is 40.0 Å². The lowest BCUT2D eigenvalue weighted by Crippen LogP contribution is -2.17. The Morgan fingerprint density at radius 3 is 1.36 bits per heavy atom. The highest BCUT2D eigenvalue weighted by molar-refractivity contribution is 6.14. The van der Waals surface area contributed by atoms with Crippen LogP contribution >= 0.6 is 0 Å². The van der Waals surface area contributed by atoms with Gasteiger partial charge in [0, 0.05) is 27.6 Å². The number of ether oxygens (including phenoxy) is 10. The topological polar surface area (TPSA) is 149 Å². The molecule has 0 saturated heterocycles. The molecule has 0 atom stereocenters. The molecular formula is C41H39N3O12. The van der Waals surface area contributed by atoms with Crippen molar-refractivity contribution in [1.82, 2.24) is 14.1 Å². The molecule has 3 heterocycles. The first kappa shape index (κ1) is 37.6. The summed E-state index contributed by atoms with van der Waals surface area (Å²) < 4.78 is 57.9. The minimum absolute atomic E-state index is 0.0373. The van der Waals surface area contributed by atoms with Crippen molar-refractivity contribution >= 4 is 55.8 Å². The Bertz CT molecular complexity index is 2390. The minimum Gasteiger partial charge on any atom is -0.497 e. The zero-order valence-electron chi connectivity index (χ0n) is 31.1. The Balaban J connectivity index is 0.840. The van der Waals surface area contributed by atoms with Gasteiger partial charge in [-0.25, -0.2) is 18.7 Å². The molecule has 4 aromatic carbocycles. The van der Waals surface area contributed by atoms with Crippen LogP contribution in [0.25, 0.3) is 43.6 Å². The Morgan fingerprint density at radius 2 is 0.893 bits per heavy atom. The number of benzene rings is 4. The third-order valence-corrected chi connectivity index (χ3v) is 8.94. The summed E-state index contributed by atoms with van der Waals surface area (Å²) in [4.78, 5) is 30.5. The minimum atomic E-state index is -0.622. The maximum Gasteiger partial charge on any atom is 0.421 e. The molecule has 0 fully saturated rings. The van der Waals surface area contributed by atoms with Crippen LogP contribution in [0.3, 0.4) is 0 Å². The number of carbonyl (C=O) groups excluding carboxylic acids is 2. The molecule has 15 heteroatoms. The smallest absolute Gasteiger partial charge is 0.421 e. The van der Waals surface area contributed by atoms with Crippen LogP contribution in [0.5, 0.6) is 34.5 Å². The molecule has 0 aliphatic carbocycles. The maximum absolute atomic E-state index is 13.2. The average Bonchev–Trinajstić information content (AvgIpc) is 3.74. The lowest BCUT2D eigenvalue weighted by atomic mass is 10.1. The monoisotopic (exact) mass is 765 g/mol. The largest absolute Gasteiger partial charge is 0.497 e. The van der Waals surface area contributed by atoms with E-state index in [1.165, 1.54) is 21.5 Å². The average molecular weight is 766 g/mol. The second-order valence-electron chi connectivity index (χ2n) is 12.1. The first-order valence-corrected chi connectivity index (χ1v) is 17.4. The van der Waals surface area contributed by atoms with E-state index in [1.807, 2.05) is 36.4 Å². The first-order valence-electron chi connectivity index (χ1n) is 17.4. The Kier molecular flexibility index (Phi) is 11.5. The zero-order valence-corrected chi connectivity index (χ0v) is 31.1. The number of fused-ring (bicyclic) bond motifs is 6. The molecule has 0 unspecified atom stereocenters. The van der Waals surface area contributed by atoms with Gasteiger partial charge in [-0.3, -0.25) is 4.98 Å². The highest BCUT2D eigenvalue weighted by Gasteiger charge is 2.20. The standard InChI is InChI=1S/C41H39N3O12/c1-47-26-5-9-36-32(18-26)33-19-27(48-2)6-10-37(33)43(36)40(45)54-16-14-51-13-15-53-30-17-31(23-42-22-30)55-24-52-25-56-41(46)44-38-11-7-28(49-3)20-34(38)35-21-29(50-4)8-12-39(35)44/h5-12,17-23H,13-16,24-25H2,1-4H3. The summed E-state index contributed by atoms with van der Waals surface area (Å²) in [6.07, 6.45) is 1.88. The van der Waals surface area contributed by atoms with E-state index < -0.39 is 12.2 Å². The molecule has 0 aliphatic heterocycles. The molecule has 0 amide bonds. The lowest BCUT2D eigenvalue weighted by molar-refractivity contribution is -0.0701. The van der Waals surface area contributed by atoms with E-state index in [0.29, 0.717) is 56.6 Å². The summed E-state index contributed by atoms with van der Waals surface area (Å²) in [5, 5.41) is 3.28. The number of rotatable bonds is 16.